The molecule has 1 aliphatic rings. The van der Waals surface area contributed by atoms with Crippen molar-refractivity contribution in [1.82, 2.24) is 0 Å². The molecule has 0 aliphatic heterocycles. The monoisotopic (exact) mass is 274 g/mol. The Morgan fingerprint density at radius 1 is 1.05 bits per heavy atom. The van der Waals surface area contributed by atoms with Crippen molar-refractivity contribution in [2.45, 2.75) is 25.7 Å². The fourth-order valence-corrected chi connectivity index (χ4v) is 2.32. The lowest BCUT2D eigenvalue weighted by atomic mass is 9.79. The lowest BCUT2D eigenvalue weighted by Crippen LogP contribution is -2.35. The Hall–Kier alpha value is -1.14. The second-order valence-corrected chi connectivity index (χ2v) is 4.52. The van der Waals surface area contributed by atoms with Gasteiger partial charge in [-0.2, -0.15) is 0 Å². The molecule has 0 heterocycles. The average molecular weight is 274 g/mol. The molecule has 6 heteroatoms. The minimum atomic E-state index is -0.404. The van der Waals surface area contributed by atoms with Gasteiger partial charge in [0.05, 0.1) is 38.8 Å². The van der Waals surface area contributed by atoms with E-state index in [9.17, 15) is 9.59 Å². The van der Waals surface area contributed by atoms with Crippen molar-refractivity contribution >= 4 is 11.9 Å². The predicted molar refractivity (Wildman–Crippen MR) is 66.3 cm³/mol. The zero-order valence-corrected chi connectivity index (χ0v) is 11.3. The van der Waals surface area contributed by atoms with Crippen LogP contribution in [-0.4, -0.2) is 50.6 Å². The largest absolute Gasteiger partial charge is 0.469 e. The van der Waals surface area contributed by atoms with E-state index in [1.807, 2.05) is 0 Å². The van der Waals surface area contributed by atoms with Crippen LogP contribution >= 0.6 is 0 Å². The van der Waals surface area contributed by atoms with Crippen LogP contribution in [0.1, 0.15) is 25.7 Å². The van der Waals surface area contributed by atoms with E-state index in [4.69, 9.17) is 19.3 Å². The molecule has 1 aliphatic carbocycles. The van der Waals surface area contributed by atoms with Crippen molar-refractivity contribution < 1.29 is 28.9 Å². The number of aliphatic hydroxyl groups is 1. The van der Waals surface area contributed by atoms with Gasteiger partial charge in [-0.1, -0.05) is 12.8 Å². The number of rotatable bonds is 7. The topological polar surface area (TPSA) is 82.1 Å². The fraction of sp³-hybridized carbons (Fsp3) is 0.846. The summed E-state index contributed by atoms with van der Waals surface area (Å²) in [6.45, 7) is 0.567. The molecular formula is C13H22O6. The van der Waals surface area contributed by atoms with Crippen molar-refractivity contribution in [2.75, 3.05) is 33.5 Å². The van der Waals surface area contributed by atoms with Crippen molar-refractivity contribution in [3.63, 3.8) is 0 Å². The van der Waals surface area contributed by atoms with Gasteiger partial charge < -0.3 is 19.3 Å². The number of methoxy groups -OCH3 is 1. The number of ether oxygens (including phenoxy) is 3. The maximum Gasteiger partial charge on any atom is 0.309 e. The quantitative estimate of drug-likeness (QED) is 0.538. The molecule has 110 valence electrons. The smallest absolute Gasteiger partial charge is 0.309 e. The Morgan fingerprint density at radius 3 is 2.26 bits per heavy atom. The maximum absolute atomic E-state index is 11.9. The minimum absolute atomic E-state index is 0.0546. The van der Waals surface area contributed by atoms with E-state index in [2.05, 4.69) is 0 Å². The van der Waals surface area contributed by atoms with Crippen molar-refractivity contribution in [3.8, 4) is 0 Å². The standard InChI is InChI=1S/C13H22O6/c1-17-12(15)10-4-2-3-5-11(10)13(16)19-9-8-18-7-6-14/h10-11,14H,2-9H2,1H3. The Bertz CT molecular complexity index is 291. The van der Waals surface area contributed by atoms with Crippen LogP contribution in [0.5, 0.6) is 0 Å². The summed E-state index contributed by atoms with van der Waals surface area (Å²) < 4.78 is 14.8. The molecule has 0 amide bonds. The molecule has 2 atom stereocenters. The third kappa shape index (κ3) is 5.16. The summed E-state index contributed by atoms with van der Waals surface area (Å²) in [5.41, 5.74) is 0. The van der Waals surface area contributed by atoms with Gasteiger partial charge in [-0.25, -0.2) is 0 Å². The van der Waals surface area contributed by atoms with Crippen molar-refractivity contribution in [3.05, 3.63) is 0 Å². The first kappa shape index (κ1) is 15.9. The zero-order valence-electron chi connectivity index (χ0n) is 11.3. The molecule has 0 aromatic rings. The van der Waals surface area contributed by atoms with Gasteiger partial charge in [0.15, 0.2) is 0 Å². The molecular weight excluding hydrogens is 252 g/mol. The highest BCUT2D eigenvalue weighted by Gasteiger charge is 2.37. The molecule has 19 heavy (non-hydrogen) atoms. The van der Waals surface area contributed by atoms with Crippen LogP contribution in [0.3, 0.4) is 0 Å². The lowest BCUT2D eigenvalue weighted by Gasteiger charge is -2.27. The van der Waals surface area contributed by atoms with E-state index < -0.39 is 5.92 Å². The van der Waals surface area contributed by atoms with Crippen LogP contribution in [0, 0.1) is 11.8 Å². The Morgan fingerprint density at radius 2 is 1.68 bits per heavy atom. The second kappa shape index (κ2) is 8.87. The second-order valence-electron chi connectivity index (χ2n) is 4.52. The van der Waals surface area contributed by atoms with E-state index >= 15 is 0 Å². The molecule has 0 radical (unpaired) electrons. The first-order valence-corrected chi connectivity index (χ1v) is 6.63. The number of aliphatic hydroxyl groups excluding tert-OH is 1. The maximum atomic E-state index is 11.9. The molecule has 1 fully saturated rings. The third-order valence-electron chi connectivity index (χ3n) is 3.28. The van der Waals surface area contributed by atoms with Gasteiger partial charge in [-0.15, -0.1) is 0 Å². The zero-order chi connectivity index (χ0) is 14.1. The average Bonchev–Trinajstić information content (AvgIpc) is 2.46. The van der Waals surface area contributed by atoms with E-state index in [0.717, 1.165) is 12.8 Å². The molecule has 2 unspecified atom stereocenters. The highest BCUT2D eigenvalue weighted by Crippen LogP contribution is 2.31. The number of esters is 2. The number of carbonyl (C=O) groups is 2. The number of hydrogen-bond donors (Lipinski definition) is 1. The third-order valence-corrected chi connectivity index (χ3v) is 3.28. The summed E-state index contributed by atoms with van der Waals surface area (Å²) >= 11 is 0. The highest BCUT2D eigenvalue weighted by atomic mass is 16.6. The summed E-state index contributed by atoms with van der Waals surface area (Å²) in [5, 5.41) is 8.52. The Balaban J connectivity index is 2.37. The fourth-order valence-electron chi connectivity index (χ4n) is 2.32. The molecule has 1 saturated carbocycles. The van der Waals surface area contributed by atoms with Crippen molar-refractivity contribution in [2.24, 2.45) is 11.8 Å². The van der Waals surface area contributed by atoms with Crippen LogP contribution in [0.25, 0.3) is 0 Å². The lowest BCUT2D eigenvalue weighted by molar-refractivity contribution is -0.162. The molecule has 0 aromatic carbocycles. The first-order chi connectivity index (χ1) is 9.20. The van der Waals surface area contributed by atoms with E-state index in [1.54, 1.807) is 0 Å². The molecule has 0 aromatic heterocycles. The van der Waals surface area contributed by atoms with Gasteiger partial charge in [-0.05, 0) is 12.8 Å². The molecule has 1 N–H and O–H groups in total. The van der Waals surface area contributed by atoms with Gasteiger partial charge >= 0.3 is 11.9 Å². The van der Waals surface area contributed by atoms with Gasteiger partial charge in [0.2, 0.25) is 0 Å². The summed E-state index contributed by atoms with van der Waals surface area (Å²) in [7, 11) is 1.34. The summed E-state index contributed by atoms with van der Waals surface area (Å²) in [6.07, 6.45) is 3.20. The van der Waals surface area contributed by atoms with Gasteiger partial charge in [0, 0.05) is 0 Å². The Labute approximate surface area is 113 Å². The van der Waals surface area contributed by atoms with Crippen LogP contribution in [0.15, 0.2) is 0 Å². The van der Waals surface area contributed by atoms with E-state index in [1.165, 1.54) is 7.11 Å². The highest BCUT2D eigenvalue weighted by molar-refractivity contribution is 5.82. The molecule has 0 bridgehead atoms. The molecule has 6 nitrogen and oxygen atoms in total. The molecule has 1 rings (SSSR count). The summed E-state index contributed by atoms with van der Waals surface area (Å²) in [4.78, 5) is 23.5. The van der Waals surface area contributed by atoms with Crippen LogP contribution in [0.4, 0.5) is 0 Å². The van der Waals surface area contributed by atoms with Gasteiger partial charge in [0.25, 0.3) is 0 Å². The molecule has 0 spiro atoms. The normalized spacial score (nSPS) is 22.8. The van der Waals surface area contributed by atoms with E-state index in [-0.39, 0.29) is 44.3 Å². The van der Waals surface area contributed by atoms with E-state index in [0.29, 0.717) is 12.8 Å². The minimum Gasteiger partial charge on any atom is -0.469 e. The Kier molecular flexibility index (Phi) is 7.43. The number of carbonyl (C=O) groups excluding carboxylic acids is 2. The van der Waals surface area contributed by atoms with Gasteiger partial charge in [0.1, 0.15) is 6.61 Å². The van der Waals surface area contributed by atoms with Crippen LogP contribution in [-0.2, 0) is 23.8 Å². The SMILES string of the molecule is COC(=O)C1CCCCC1C(=O)OCCOCCO. The summed E-state index contributed by atoms with van der Waals surface area (Å²) in [5.74, 6) is -1.48. The predicted octanol–water partition coefficient (Wildman–Crippen LogP) is 0.518. The molecule has 0 saturated heterocycles. The summed E-state index contributed by atoms with van der Waals surface area (Å²) in [6, 6.07) is 0. The van der Waals surface area contributed by atoms with Crippen LogP contribution < -0.4 is 0 Å². The first-order valence-electron chi connectivity index (χ1n) is 6.63. The number of hydrogen-bond acceptors (Lipinski definition) is 6. The van der Waals surface area contributed by atoms with Crippen LogP contribution in [0.2, 0.25) is 0 Å². The van der Waals surface area contributed by atoms with Crippen molar-refractivity contribution in [1.29, 1.82) is 0 Å². The van der Waals surface area contributed by atoms with Gasteiger partial charge in [-0.3, -0.25) is 9.59 Å².